The van der Waals surface area contributed by atoms with Crippen LogP contribution in [0.15, 0.2) is 41.3 Å². The molecule has 0 unspecified atom stereocenters. The van der Waals surface area contributed by atoms with Crippen LogP contribution >= 0.6 is 23.4 Å². The number of imide groups is 1. The molecular weight excluding hydrogens is 458 g/mol. The third-order valence-corrected chi connectivity index (χ3v) is 5.84. The normalized spacial score (nSPS) is 16.1. The monoisotopic (exact) mass is 475 g/mol. The summed E-state index contributed by atoms with van der Waals surface area (Å²) in [5.74, 6) is 0.685. The van der Waals surface area contributed by atoms with Crippen LogP contribution in [0, 0.1) is 0 Å². The fraction of sp³-hybridized carbons (Fsp3) is 0.227. The van der Waals surface area contributed by atoms with E-state index in [2.05, 4.69) is 0 Å². The molecule has 0 saturated carbocycles. The number of thioether (sulfide) groups is 1. The number of hydrogen-bond acceptors (Lipinski definition) is 8. The first-order chi connectivity index (χ1) is 15.4. The van der Waals surface area contributed by atoms with Gasteiger partial charge in [-0.2, -0.15) is 0 Å². The molecule has 1 fully saturated rings. The molecule has 0 aliphatic carbocycles. The molecule has 32 heavy (non-hydrogen) atoms. The zero-order valence-electron chi connectivity index (χ0n) is 17.0. The van der Waals surface area contributed by atoms with E-state index < -0.39 is 11.9 Å². The maximum atomic E-state index is 12.8. The predicted molar refractivity (Wildman–Crippen MR) is 118 cm³/mol. The van der Waals surface area contributed by atoms with Gasteiger partial charge in [-0.05, 0) is 54.1 Å². The molecule has 2 aliphatic rings. The summed E-state index contributed by atoms with van der Waals surface area (Å²) in [4.78, 5) is 38.1. The molecule has 0 spiro atoms. The first kappa shape index (κ1) is 22.0. The average Bonchev–Trinajstić information content (AvgIpc) is 3.32. The van der Waals surface area contributed by atoms with Crippen molar-refractivity contribution in [3.05, 3.63) is 57.5 Å². The number of carbonyl (C=O) groups excluding carboxylic acids is 3. The van der Waals surface area contributed by atoms with Crippen LogP contribution in [0.3, 0.4) is 0 Å². The van der Waals surface area contributed by atoms with Crippen molar-refractivity contribution in [1.82, 2.24) is 4.90 Å². The molecule has 0 bridgehead atoms. The summed E-state index contributed by atoms with van der Waals surface area (Å²) < 4.78 is 20.8. The lowest BCUT2D eigenvalue weighted by atomic mass is 10.1. The van der Waals surface area contributed by atoms with Crippen LogP contribution in [0.25, 0.3) is 6.08 Å². The van der Waals surface area contributed by atoms with Crippen molar-refractivity contribution in [1.29, 1.82) is 0 Å². The first-order valence-corrected chi connectivity index (χ1v) is 10.9. The van der Waals surface area contributed by atoms with Crippen LogP contribution in [0.4, 0.5) is 4.79 Å². The summed E-state index contributed by atoms with van der Waals surface area (Å²) in [7, 11) is 0. The summed E-state index contributed by atoms with van der Waals surface area (Å²) >= 11 is 7.14. The quantitative estimate of drug-likeness (QED) is 0.433. The largest absolute Gasteiger partial charge is 0.482 e. The molecule has 2 aromatic rings. The maximum absolute atomic E-state index is 12.8. The minimum Gasteiger partial charge on any atom is -0.482 e. The van der Waals surface area contributed by atoms with Crippen molar-refractivity contribution < 1.29 is 33.3 Å². The van der Waals surface area contributed by atoms with Gasteiger partial charge in [-0.15, -0.1) is 0 Å². The molecule has 2 aromatic carbocycles. The molecule has 2 heterocycles. The molecule has 2 aliphatic heterocycles. The van der Waals surface area contributed by atoms with Gasteiger partial charge in [-0.3, -0.25) is 14.5 Å². The second-order valence-corrected chi connectivity index (χ2v) is 8.13. The fourth-order valence-electron chi connectivity index (χ4n) is 3.04. The summed E-state index contributed by atoms with van der Waals surface area (Å²) in [5.41, 5.74) is 1.29. The minimum atomic E-state index is -0.451. The summed E-state index contributed by atoms with van der Waals surface area (Å²) in [6.07, 6.45) is 1.63. The molecule has 2 amide bonds. The molecule has 166 valence electrons. The summed E-state index contributed by atoms with van der Waals surface area (Å²) in [6.45, 7) is 1.95. The van der Waals surface area contributed by atoms with Crippen molar-refractivity contribution in [3.8, 4) is 17.2 Å². The van der Waals surface area contributed by atoms with Crippen LogP contribution < -0.4 is 14.2 Å². The Morgan fingerprint density at radius 3 is 2.62 bits per heavy atom. The number of ether oxygens (including phenoxy) is 4. The van der Waals surface area contributed by atoms with E-state index >= 15 is 0 Å². The molecule has 4 rings (SSSR count). The standard InChI is InChI=1S/C22H18ClNO7S/c1-2-28-20(25)11-29-15-5-3-13(4-6-15)7-19-21(26)24(22(27)32-19)10-14-8-17-18(9-16(14)23)31-12-30-17/h3-9H,2,10-12H2,1H3/b19-7-. The second kappa shape index (κ2) is 9.54. The number of esters is 1. The van der Waals surface area contributed by atoms with Gasteiger partial charge in [0.05, 0.1) is 18.1 Å². The van der Waals surface area contributed by atoms with Gasteiger partial charge in [0.25, 0.3) is 11.1 Å². The van der Waals surface area contributed by atoms with Crippen molar-refractivity contribution in [3.63, 3.8) is 0 Å². The van der Waals surface area contributed by atoms with Gasteiger partial charge in [0.1, 0.15) is 5.75 Å². The molecule has 8 nitrogen and oxygen atoms in total. The summed E-state index contributed by atoms with van der Waals surface area (Å²) in [6, 6.07) is 10.1. The number of rotatable bonds is 7. The van der Waals surface area contributed by atoms with E-state index in [-0.39, 0.29) is 31.8 Å². The Labute approximate surface area is 193 Å². The maximum Gasteiger partial charge on any atom is 0.344 e. The SMILES string of the molecule is CCOC(=O)COc1ccc(/C=C2\SC(=O)N(Cc3cc4c(cc3Cl)OCO4)C2=O)cc1. The van der Waals surface area contributed by atoms with Crippen LogP contribution in [-0.4, -0.2) is 42.0 Å². The van der Waals surface area contributed by atoms with Gasteiger partial charge in [-0.25, -0.2) is 4.79 Å². The zero-order chi connectivity index (χ0) is 22.7. The van der Waals surface area contributed by atoms with Crippen LogP contribution in [0.1, 0.15) is 18.1 Å². The van der Waals surface area contributed by atoms with E-state index in [0.29, 0.717) is 38.3 Å². The highest BCUT2D eigenvalue weighted by Crippen LogP contribution is 2.39. The Morgan fingerprint density at radius 1 is 1.19 bits per heavy atom. The third-order valence-electron chi connectivity index (χ3n) is 4.58. The molecule has 10 heteroatoms. The molecular formula is C22H18ClNO7S. The Bertz CT molecular complexity index is 1100. The van der Waals surface area contributed by atoms with E-state index in [1.165, 1.54) is 0 Å². The number of halogens is 1. The number of nitrogens with zero attached hydrogens (tertiary/aromatic N) is 1. The van der Waals surface area contributed by atoms with Crippen LogP contribution in [-0.2, 0) is 20.9 Å². The summed E-state index contributed by atoms with van der Waals surface area (Å²) in [5, 5.41) is 0.0000558. The van der Waals surface area contributed by atoms with Crippen molar-refractivity contribution in [2.75, 3.05) is 20.0 Å². The number of fused-ring (bicyclic) bond motifs is 1. The van der Waals surface area contributed by atoms with E-state index in [4.69, 9.17) is 30.5 Å². The van der Waals surface area contributed by atoms with Gasteiger partial charge in [0.2, 0.25) is 6.79 Å². The molecule has 1 saturated heterocycles. The smallest absolute Gasteiger partial charge is 0.344 e. The lowest BCUT2D eigenvalue weighted by molar-refractivity contribution is -0.145. The van der Waals surface area contributed by atoms with E-state index in [1.54, 1.807) is 49.4 Å². The minimum absolute atomic E-state index is 0.0259. The molecule has 0 atom stereocenters. The van der Waals surface area contributed by atoms with Gasteiger partial charge < -0.3 is 18.9 Å². The Kier molecular flexibility index (Phi) is 6.57. The lowest BCUT2D eigenvalue weighted by Crippen LogP contribution is -2.27. The number of hydrogen-bond donors (Lipinski definition) is 0. The van der Waals surface area contributed by atoms with E-state index in [0.717, 1.165) is 16.7 Å². The molecule has 0 radical (unpaired) electrons. The topological polar surface area (TPSA) is 91.4 Å². The van der Waals surface area contributed by atoms with E-state index in [1.807, 2.05) is 0 Å². The number of carbonyl (C=O) groups is 3. The van der Waals surface area contributed by atoms with Crippen molar-refractivity contribution in [2.45, 2.75) is 13.5 Å². The Balaban J connectivity index is 1.43. The number of benzene rings is 2. The fourth-order valence-corrected chi connectivity index (χ4v) is 4.10. The predicted octanol–water partition coefficient (Wildman–Crippen LogP) is 4.25. The number of amides is 2. The van der Waals surface area contributed by atoms with Gasteiger partial charge in [0.15, 0.2) is 18.1 Å². The van der Waals surface area contributed by atoms with Crippen molar-refractivity contribution >= 4 is 46.6 Å². The first-order valence-electron chi connectivity index (χ1n) is 9.66. The Morgan fingerprint density at radius 2 is 1.91 bits per heavy atom. The van der Waals surface area contributed by atoms with E-state index in [9.17, 15) is 14.4 Å². The van der Waals surface area contributed by atoms with Gasteiger partial charge in [0, 0.05) is 11.1 Å². The average molecular weight is 476 g/mol. The zero-order valence-corrected chi connectivity index (χ0v) is 18.5. The highest BCUT2D eigenvalue weighted by Gasteiger charge is 2.35. The highest BCUT2D eigenvalue weighted by molar-refractivity contribution is 8.18. The highest BCUT2D eigenvalue weighted by atomic mass is 35.5. The van der Waals surface area contributed by atoms with Gasteiger partial charge in [-0.1, -0.05) is 23.7 Å². The van der Waals surface area contributed by atoms with Crippen molar-refractivity contribution in [2.24, 2.45) is 0 Å². The van der Waals surface area contributed by atoms with Gasteiger partial charge >= 0.3 is 5.97 Å². The lowest BCUT2D eigenvalue weighted by Gasteiger charge is -2.14. The Hall–Kier alpha value is -3.17. The van der Waals surface area contributed by atoms with Crippen LogP contribution in [0.2, 0.25) is 5.02 Å². The molecule has 0 N–H and O–H groups in total. The van der Waals surface area contributed by atoms with Crippen LogP contribution in [0.5, 0.6) is 17.2 Å². The molecule has 0 aromatic heterocycles. The third kappa shape index (κ3) is 4.84. The second-order valence-electron chi connectivity index (χ2n) is 6.73.